The Labute approximate surface area is 167 Å². The zero-order chi connectivity index (χ0) is 20.6. The molecule has 1 aromatic rings. The molecule has 1 aromatic carbocycles. The van der Waals surface area contributed by atoms with Crippen molar-refractivity contribution in [3.8, 4) is 12.1 Å². The molecule has 0 radical (unpaired) electrons. The molecule has 2 atom stereocenters. The van der Waals surface area contributed by atoms with Gasteiger partial charge in [0.2, 0.25) is 0 Å². The summed E-state index contributed by atoms with van der Waals surface area (Å²) >= 11 is 0. The lowest BCUT2D eigenvalue weighted by Crippen LogP contribution is -2.50. The van der Waals surface area contributed by atoms with Gasteiger partial charge in [0.15, 0.2) is 5.41 Å². The van der Waals surface area contributed by atoms with Gasteiger partial charge >= 0.3 is 6.18 Å². The van der Waals surface area contributed by atoms with Crippen LogP contribution in [0.15, 0.2) is 24.3 Å². The minimum atomic E-state index is -4.59. The number of nitrogens with zero attached hydrogens (tertiary/aromatic N) is 2. The van der Waals surface area contributed by atoms with Crippen LogP contribution >= 0.6 is 0 Å². The summed E-state index contributed by atoms with van der Waals surface area (Å²) in [5.74, 6) is -0.579. The molecule has 3 nitrogen and oxygen atoms in total. The normalized spacial score (nSPS) is 38.9. The average Bonchev–Trinajstić information content (AvgIpc) is 3.34. The quantitative estimate of drug-likeness (QED) is 0.700. The largest absolute Gasteiger partial charge is 0.416 e. The fourth-order valence-corrected chi connectivity index (χ4v) is 7.24. The van der Waals surface area contributed by atoms with Crippen LogP contribution in [-0.4, -0.2) is 5.78 Å². The van der Waals surface area contributed by atoms with Crippen molar-refractivity contribution < 1.29 is 18.0 Å². The molecule has 0 saturated heterocycles. The van der Waals surface area contributed by atoms with Crippen molar-refractivity contribution in [2.45, 2.75) is 50.6 Å². The monoisotopic (exact) mass is 398 g/mol. The van der Waals surface area contributed by atoms with Crippen molar-refractivity contribution in [3.05, 3.63) is 35.4 Å². The first kappa shape index (κ1) is 18.7. The van der Waals surface area contributed by atoms with Gasteiger partial charge in [0.05, 0.1) is 23.6 Å². The maximum absolute atomic E-state index is 13.8. The zero-order valence-corrected chi connectivity index (χ0v) is 15.9. The fourth-order valence-electron chi connectivity index (χ4n) is 7.24. The second-order valence-corrected chi connectivity index (χ2v) is 9.70. The standard InChI is InChI=1S/C23H21F3N2O/c24-23(25,26)17-4-2-1-3-16(17)18-19(22(18,11-27)12-28)20(29)21-8-13-5-14(9-21)7-15(6-13)10-21/h1-4,13-15,18-19H,5-10H2/t13?,14?,15?,18-,19+,21?/m1/s1. The first-order valence-electron chi connectivity index (χ1n) is 10.3. The van der Waals surface area contributed by atoms with Crippen LogP contribution in [0.4, 0.5) is 13.2 Å². The number of rotatable bonds is 3. The van der Waals surface area contributed by atoms with E-state index >= 15 is 0 Å². The highest BCUT2D eigenvalue weighted by Gasteiger charge is 2.74. The van der Waals surface area contributed by atoms with Gasteiger partial charge in [-0.3, -0.25) is 4.79 Å². The molecule has 29 heavy (non-hydrogen) atoms. The molecular formula is C23H21F3N2O. The predicted octanol–water partition coefficient (Wildman–Crippen LogP) is 5.24. The second kappa shape index (κ2) is 5.85. The van der Waals surface area contributed by atoms with Gasteiger partial charge < -0.3 is 0 Å². The third kappa shape index (κ3) is 2.51. The summed E-state index contributed by atoms with van der Waals surface area (Å²) in [7, 11) is 0. The van der Waals surface area contributed by atoms with Crippen molar-refractivity contribution in [3.63, 3.8) is 0 Å². The Bertz CT molecular complexity index is 918. The van der Waals surface area contributed by atoms with E-state index in [4.69, 9.17) is 0 Å². The number of alkyl halides is 3. The molecular weight excluding hydrogens is 377 g/mol. The maximum atomic E-state index is 13.8. The van der Waals surface area contributed by atoms with E-state index in [0.29, 0.717) is 17.8 Å². The molecule has 5 fully saturated rings. The Balaban J connectivity index is 1.55. The van der Waals surface area contributed by atoms with Gasteiger partial charge in [-0.15, -0.1) is 0 Å². The number of carbonyl (C=O) groups is 1. The smallest absolute Gasteiger partial charge is 0.299 e. The molecule has 0 heterocycles. The van der Waals surface area contributed by atoms with Crippen molar-refractivity contribution in [2.75, 3.05) is 0 Å². The summed E-state index contributed by atoms with van der Waals surface area (Å²) in [6.07, 6.45) is 1.14. The molecule has 6 heteroatoms. The van der Waals surface area contributed by atoms with E-state index in [2.05, 4.69) is 0 Å². The fraction of sp³-hybridized carbons (Fsp3) is 0.609. The Morgan fingerprint density at radius 3 is 1.97 bits per heavy atom. The minimum Gasteiger partial charge on any atom is -0.299 e. The molecule has 0 N–H and O–H groups in total. The van der Waals surface area contributed by atoms with Crippen molar-refractivity contribution in [1.82, 2.24) is 0 Å². The highest BCUT2D eigenvalue weighted by molar-refractivity contribution is 5.94. The van der Waals surface area contributed by atoms with E-state index in [0.717, 1.165) is 44.6 Å². The summed E-state index contributed by atoms with van der Waals surface area (Å²) in [4.78, 5) is 13.8. The second-order valence-electron chi connectivity index (χ2n) is 9.70. The van der Waals surface area contributed by atoms with Crippen LogP contribution in [-0.2, 0) is 11.0 Å². The minimum absolute atomic E-state index is 0.0915. The molecule has 0 spiro atoms. The van der Waals surface area contributed by atoms with Crippen LogP contribution in [0.5, 0.6) is 0 Å². The van der Waals surface area contributed by atoms with E-state index in [1.807, 2.05) is 12.1 Å². The van der Waals surface area contributed by atoms with Gasteiger partial charge in [0.25, 0.3) is 0 Å². The highest BCUT2D eigenvalue weighted by Crippen LogP contribution is 2.70. The first-order chi connectivity index (χ1) is 13.7. The van der Waals surface area contributed by atoms with E-state index in [-0.39, 0.29) is 11.3 Å². The number of benzene rings is 1. The van der Waals surface area contributed by atoms with E-state index in [9.17, 15) is 28.5 Å². The lowest BCUT2D eigenvalue weighted by atomic mass is 9.48. The van der Waals surface area contributed by atoms with Crippen LogP contribution in [0.2, 0.25) is 0 Å². The number of ketones is 1. The molecule has 0 aromatic heterocycles. The summed E-state index contributed by atoms with van der Waals surface area (Å²) in [5.41, 5.74) is -3.17. The molecule has 0 amide bonds. The third-order valence-electron chi connectivity index (χ3n) is 8.02. The number of carbonyl (C=O) groups excluding carboxylic acids is 1. The third-order valence-corrected chi connectivity index (χ3v) is 8.02. The topological polar surface area (TPSA) is 64.7 Å². The summed E-state index contributed by atoms with van der Waals surface area (Å²) in [6.45, 7) is 0. The molecule has 0 unspecified atom stereocenters. The van der Waals surface area contributed by atoms with Gasteiger partial charge in [-0.1, -0.05) is 18.2 Å². The van der Waals surface area contributed by atoms with E-state index in [1.54, 1.807) is 0 Å². The molecule has 5 saturated carbocycles. The number of nitriles is 2. The zero-order valence-electron chi connectivity index (χ0n) is 15.9. The Morgan fingerprint density at radius 2 is 1.48 bits per heavy atom. The molecule has 4 bridgehead atoms. The van der Waals surface area contributed by atoms with Gasteiger partial charge in [0.1, 0.15) is 5.78 Å². The highest BCUT2D eigenvalue weighted by atomic mass is 19.4. The van der Waals surface area contributed by atoms with Crippen molar-refractivity contribution in [2.24, 2.45) is 34.5 Å². The SMILES string of the molecule is N#CC1(C#N)[C@H](C(=O)C23CC4CC(CC(C4)C2)C3)[C@H]1c1ccccc1C(F)(F)F. The van der Waals surface area contributed by atoms with Gasteiger partial charge in [-0.05, 0) is 67.9 Å². The average molecular weight is 398 g/mol. The van der Waals surface area contributed by atoms with Gasteiger partial charge in [-0.2, -0.15) is 23.7 Å². The first-order valence-corrected chi connectivity index (χ1v) is 10.3. The van der Waals surface area contributed by atoms with Crippen LogP contribution in [0.3, 0.4) is 0 Å². The maximum Gasteiger partial charge on any atom is 0.416 e. The number of Topliss-reactive ketones (excluding diaryl/α,β-unsaturated/α-hetero) is 1. The van der Waals surface area contributed by atoms with Crippen LogP contribution in [0, 0.1) is 57.2 Å². The van der Waals surface area contributed by atoms with Crippen molar-refractivity contribution in [1.29, 1.82) is 10.5 Å². The summed E-state index contributed by atoms with van der Waals surface area (Å²) in [6, 6.07) is 8.96. The van der Waals surface area contributed by atoms with Crippen LogP contribution in [0.25, 0.3) is 0 Å². The van der Waals surface area contributed by atoms with Crippen molar-refractivity contribution >= 4 is 5.78 Å². The Hall–Kier alpha value is -2.34. The number of halogens is 3. The van der Waals surface area contributed by atoms with Gasteiger partial charge in [-0.25, -0.2) is 0 Å². The lowest BCUT2D eigenvalue weighted by Gasteiger charge is -2.56. The molecule has 5 aliphatic rings. The van der Waals surface area contributed by atoms with Gasteiger partial charge in [0, 0.05) is 11.3 Å². The lowest BCUT2D eigenvalue weighted by molar-refractivity contribution is -0.146. The predicted molar refractivity (Wildman–Crippen MR) is 96.9 cm³/mol. The van der Waals surface area contributed by atoms with Crippen LogP contribution in [0.1, 0.15) is 55.6 Å². The van der Waals surface area contributed by atoms with Crippen LogP contribution < -0.4 is 0 Å². The molecule has 150 valence electrons. The summed E-state index contributed by atoms with van der Waals surface area (Å²) < 4.78 is 40.8. The Kier molecular flexibility index (Phi) is 3.77. The number of hydrogen-bond acceptors (Lipinski definition) is 3. The number of hydrogen-bond donors (Lipinski definition) is 0. The molecule has 5 aliphatic carbocycles. The summed E-state index contributed by atoms with van der Waals surface area (Å²) in [5, 5.41) is 19.6. The molecule has 6 rings (SSSR count). The molecule has 0 aliphatic heterocycles. The van der Waals surface area contributed by atoms with E-state index < -0.39 is 34.4 Å². The van der Waals surface area contributed by atoms with E-state index in [1.165, 1.54) is 18.2 Å². The Morgan fingerprint density at radius 1 is 0.966 bits per heavy atom.